The Kier molecular flexibility index (Phi) is 5.54. The summed E-state index contributed by atoms with van der Waals surface area (Å²) in [5, 5.41) is 8.71. The molecule has 0 aliphatic heterocycles. The van der Waals surface area contributed by atoms with Crippen molar-refractivity contribution >= 4 is 5.78 Å². The number of carbonyl (C=O) groups excluding carboxylic acids is 1. The van der Waals surface area contributed by atoms with Crippen LogP contribution in [0.1, 0.15) is 36.7 Å². The molecule has 0 fully saturated rings. The molecule has 0 amide bonds. The Morgan fingerprint density at radius 2 is 1.94 bits per heavy atom. The first-order chi connectivity index (χ1) is 8.56. The van der Waals surface area contributed by atoms with Crippen LogP contribution in [0.5, 0.6) is 0 Å². The van der Waals surface area contributed by atoms with Gasteiger partial charge in [0, 0.05) is 12.1 Å². The van der Waals surface area contributed by atoms with E-state index in [0.717, 1.165) is 13.1 Å². The van der Waals surface area contributed by atoms with Crippen LogP contribution in [0.4, 0.5) is 0 Å². The Hall–Kier alpha value is -1.66. The molecule has 1 aromatic rings. The number of benzene rings is 1. The quantitative estimate of drug-likeness (QED) is 0.723. The van der Waals surface area contributed by atoms with E-state index in [9.17, 15) is 4.79 Å². The van der Waals surface area contributed by atoms with Gasteiger partial charge in [0.2, 0.25) is 0 Å². The summed E-state index contributed by atoms with van der Waals surface area (Å²) in [6, 6.07) is 8.87. The maximum absolute atomic E-state index is 12.1. The summed E-state index contributed by atoms with van der Waals surface area (Å²) in [5.74, 6) is 0.667. The molecule has 1 rings (SSSR count). The van der Waals surface area contributed by atoms with E-state index in [1.165, 1.54) is 0 Å². The first-order valence-electron chi connectivity index (χ1n) is 6.32. The van der Waals surface area contributed by atoms with Gasteiger partial charge in [-0.15, -0.1) is 0 Å². The zero-order valence-electron chi connectivity index (χ0n) is 11.3. The molecule has 0 atom stereocenters. The van der Waals surface area contributed by atoms with E-state index in [1.54, 1.807) is 24.3 Å². The lowest BCUT2D eigenvalue weighted by molar-refractivity contribution is 0.0926. The number of hydrogen-bond acceptors (Lipinski definition) is 3. The monoisotopic (exact) mass is 244 g/mol. The molecule has 0 saturated carbocycles. The Labute approximate surface area is 109 Å². The summed E-state index contributed by atoms with van der Waals surface area (Å²) in [6.45, 7) is 8.61. The van der Waals surface area contributed by atoms with Gasteiger partial charge in [-0.25, -0.2) is 0 Å². The van der Waals surface area contributed by atoms with Gasteiger partial charge >= 0.3 is 0 Å². The zero-order chi connectivity index (χ0) is 13.5. The van der Waals surface area contributed by atoms with Crippen molar-refractivity contribution in [3.63, 3.8) is 0 Å². The predicted octanol–water partition coefficient (Wildman–Crippen LogP) is 2.72. The summed E-state index contributed by atoms with van der Waals surface area (Å²) in [4.78, 5) is 14.2. The van der Waals surface area contributed by atoms with Crippen LogP contribution in [0.3, 0.4) is 0 Å². The molecular formula is C15H20N2O. The number of Topliss-reactive ketones (excluding diaryl/α,β-unsaturated/α-hetero) is 1. The van der Waals surface area contributed by atoms with Crippen molar-refractivity contribution in [2.45, 2.75) is 20.8 Å². The van der Waals surface area contributed by atoms with Crippen LogP contribution < -0.4 is 0 Å². The van der Waals surface area contributed by atoms with Gasteiger partial charge in [-0.1, -0.05) is 32.9 Å². The van der Waals surface area contributed by atoms with Crippen LogP contribution in [0.2, 0.25) is 0 Å². The van der Waals surface area contributed by atoms with Crippen molar-refractivity contribution in [3.8, 4) is 6.07 Å². The molecule has 3 heteroatoms. The lowest BCUT2D eigenvalue weighted by Crippen LogP contribution is -2.32. The van der Waals surface area contributed by atoms with E-state index in [2.05, 4.69) is 25.7 Å². The highest BCUT2D eigenvalue weighted by Gasteiger charge is 2.12. The lowest BCUT2D eigenvalue weighted by atomic mass is 10.1. The van der Waals surface area contributed by atoms with Crippen LogP contribution in [0, 0.1) is 17.2 Å². The molecule has 0 spiro atoms. The van der Waals surface area contributed by atoms with Crippen molar-refractivity contribution in [2.75, 3.05) is 19.6 Å². The second-order valence-electron chi connectivity index (χ2n) is 4.83. The average Bonchev–Trinajstić information content (AvgIpc) is 2.37. The summed E-state index contributed by atoms with van der Waals surface area (Å²) in [6.07, 6.45) is 0. The smallest absolute Gasteiger partial charge is 0.176 e. The third-order valence-corrected chi connectivity index (χ3v) is 2.77. The second kappa shape index (κ2) is 6.93. The number of rotatable bonds is 6. The molecule has 0 heterocycles. The molecule has 3 nitrogen and oxygen atoms in total. The standard InChI is InChI=1S/C15H20N2O/c1-4-17(10-12(2)3)11-15(18)14-7-5-13(9-16)6-8-14/h5-8,12H,4,10-11H2,1-3H3. The second-order valence-corrected chi connectivity index (χ2v) is 4.83. The van der Waals surface area contributed by atoms with Gasteiger partial charge in [-0.05, 0) is 24.6 Å². The van der Waals surface area contributed by atoms with Crippen LogP contribution in [-0.4, -0.2) is 30.3 Å². The molecule has 18 heavy (non-hydrogen) atoms. The summed E-state index contributed by atoms with van der Waals surface area (Å²) in [5.41, 5.74) is 1.26. The number of nitrogens with zero attached hydrogens (tertiary/aromatic N) is 2. The fourth-order valence-electron chi connectivity index (χ4n) is 1.85. The molecule has 0 unspecified atom stereocenters. The van der Waals surface area contributed by atoms with Crippen LogP contribution in [0.15, 0.2) is 24.3 Å². The van der Waals surface area contributed by atoms with Gasteiger partial charge in [0.1, 0.15) is 0 Å². The first-order valence-corrected chi connectivity index (χ1v) is 6.32. The minimum absolute atomic E-state index is 0.113. The van der Waals surface area contributed by atoms with Crippen LogP contribution >= 0.6 is 0 Å². The molecule has 0 bridgehead atoms. The maximum atomic E-state index is 12.1. The number of nitriles is 1. The van der Waals surface area contributed by atoms with Crippen LogP contribution in [-0.2, 0) is 0 Å². The highest BCUT2D eigenvalue weighted by molar-refractivity contribution is 5.97. The Morgan fingerprint density at radius 1 is 1.33 bits per heavy atom. The van der Waals surface area contributed by atoms with Gasteiger partial charge < -0.3 is 0 Å². The predicted molar refractivity (Wildman–Crippen MR) is 72.4 cm³/mol. The number of likely N-dealkylation sites (N-methyl/N-ethyl adjacent to an activating group) is 1. The first kappa shape index (κ1) is 14.4. The molecule has 0 radical (unpaired) electrons. The fourth-order valence-corrected chi connectivity index (χ4v) is 1.85. The normalized spacial score (nSPS) is 10.7. The van der Waals surface area contributed by atoms with Gasteiger partial charge in [0.25, 0.3) is 0 Å². The topological polar surface area (TPSA) is 44.1 Å². The molecule has 0 N–H and O–H groups in total. The summed E-state index contributed by atoms with van der Waals surface area (Å²) < 4.78 is 0. The summed E-state index contributed by atoms with van der Waals surface area (Å²) in [7, 11) is 0. The number of carbonyl (C=O) groups is 1. The third kappa shape index (κ3) is 4.31. The molecule has 1 aromatic carbocycles. The highest BCUT2D eigenvalue weighted by Crippen LogP contribution is 2.06. The van der Waals surface area contributed by atoms with Crippen molar-refractivity contribution in [1.29, 1.82) is 5.26 Å². The van der Waals surface area contributed by atoms with Gasteiger partial charge in [0.05, 0.1) is 18.2 Å². The maximum Gasteiger partial charge on any atom is 0.176 e. The van der Waals surface area contributed by atoms with Gasteiger partial charge in [-0.3, -0.25) is 9.69 Å². The van der Waals surface area contributed by atoms with Gasteiger partial charge in [-0.2, -0.15) is 5.26 Å². The minimum atomic E-state index is 0.113. The van der Waals surface area contributed by atoms with Crippen molar-refractivity contribution < 1.29 is 4.79 Å². The molecule has 0 saturated heterocycles. The largest absolute Gasteiger partial charge is 0.296 e. The molecule has 96 valence electrons. The third-order valence-electron chi connectivity index (χ3n) is 2.77. The SMILES string of the molecule is CCN(CC(=O)c1ccc(C#N)cc1)CC(C)C. The molecule has 0 aromatic heterocycles. The van der Waals surface area contributed by atoms with E-state index in [4.69, 9.17) is 5.26 Å². The molecule has 0 aliphatic carbocycles. The van der Waals surface area contributed by atoms with E-state index in [0.29, 0.717) is 23.6 Å². The Morgan fingerprint density at radius 3 is 2.39 bits per heavy atom. The van der Waals surface area contributed by atoms with E-state index < -0.39 is 0 Å². The molecular weight excluding hydrogens is 224 g/mol. The number of ketones is 1. The fraction of sp³-hybridized carbons (Fsp3) is 0.467. The van der Waals surface area contributed by atoms with Crippen molar-refractivity contribution in [2.24, 2.45) is 5.92 Å². The van der Waals surface area contributed by atoms with E-state index in [-0.39, 0.29) is 5.78 Å². The summed E-state index contributed by atoms with van der Waals surface area (Å²) >= 11 is 0. The minimum Gasteiger partial charge on any atom is -0.296 e. The molecule has 0 aliphatic rings. The Bertz CT molecular complexity index is 429. The van der Waals surface area contributed by atoms with E-state index >= 15 is 0 Å². The number of hydrogen-bond donors (Lipinski definition) is 0. The Balaban J connectivity index is 2.66. The van der Waals surface area contributed by atoms with Gasteiger partial charge in [0.15, 0.2) is 5.78 Å². The van der Waals surface area contributed by atoms with E-state index in [1.807, 2.05) is 6.07 Å². The van der Waals surface area contributed by atoms with Crippen molar-refractivity contribution in [3.05, 3.63) is 35.4 Å². The lowest BCUT2D eigenvalue weighted by Gasteiger charge is -2.21. The average molecular weight is 244 g/mol. The highest BCUT2D eigenvalue weighted by atomic mass is 16.1. The van der Waals surface area contributed by atoms with Crippen LogP contribution in [0.25, 0.3) is 0 Å². The van der Waals surface area contributed by atoms with Crippen molar-refractivity contribution in [1.82, 2.24) is 4.90 Å². The zero-order valence-corrected chi connectivity index (χ0v) is 11.3.